The number of likely N-dealkylation sites (N-methyl/N-ethyl adjacent to an activating group) is 1. The van der Waals surface area contributed by atoms with Crippen molar-refractivity contribution in [2.24, 2.45) is 0 Å². The summed E-state index contributed by atoms with van der Waals surface area (Å²) < 4.78 is 6.53. The van der Waals surface area contributed by atoms with E-state index in [-0.39, 0.29) is 23.9 Å². The average Bonchev–Trinajstić information content (AvgIpc) is 3.20. The molecule has 2 aromatic carbocycles. The van der Waals surface area contributed by atoms with Crippen LogP contribution in [0.4, 0.5) is 10.5 Å². The molecule has 2 bridgehead atoms. The Labute approximate surface area is 220 Å². The summed E-state index contributed by atoms with van der Waals surface area (Å²) in [5.74, 6) is 0.533. The summed E-state index contributed by atoms with van der Waals surface area (Å²) in [6.07, 6.45) is 3.83. The van der Waals surface area contributed by atoms with Crippen molar-refractivity contribution in [1.29, 1.82) is 0 Å². The number of amides is 2. The molecular weight excluding hydrogens is 501 g/mol. The maximum atomic E-state index is 13.3. The second kappa shape index (κ2) is 8.28. The number of piperidine rings is 1. The molecule has 0 radical (unpaired) electrons. The van der Waals surface area contributed by atoms with Crippen molar-refractivity contribution < 1.29 is 19.7 Å². The van der Waals surface area contributed by atoms with Crippen molar-refractivity contribution in [3.8, 4) is 11.5 Å². The molecule has 0 aromatic heterocycles. The number of hydrogen-bond acceptors (Lipinski definition) is 5. The van der Waals surface area contributed by atoms with Crippen molar-refractivity contribution in [1.82, 2.24) is 9.80 Å². The van der Waals surface area contributed by atoms with Gasteiger partial charge in [-0.15, -0.1) is 6.58 Å². The van der Waals surface area contributed by atoms with E-state index in [0.717, 1.165) is 17.7 Å². The molecule has 2 aliphatic carbocycles. The average molecular weight is 530 g/mol. The molecule has 5 atom stereocenters. The molecule has 4 aliphatic rings. The molecular formula is C27H29Cl2N3O4. The van der Waals surface area contributed by atoms with Gasteiger partial charge in [-0.1, -0.05) is 35.3 Å². The number of carbonyl (C=O) groups is 1. The van der Waals surface area contributed by atoms with Crippen molar-refractivity contribution in [3.63, 3.8) is 0 Å². The van der Waals surface area contributed by atoms with Gasteiger partial charge in [0.25, 0.3) is 0 Å². The number of nitrogens with zero attached hydrogens (tertiary/aromatic N) is 2. The van der Waals surface area contributed by atoms with Gasteiger partial charge in [0.1, 0.15) is 6.10 Å². The minimum atomic E-state index is -1.04. The molecule has 1 spiro atoms. The fraction of sp³-hybridized carbons (Fsp3) is 0.444. The van der Waals surface area contributed by atoms with Gasteiger partial charge in [0.15, 0.2) is 11.5 Å². The van der Waals surface area contributed by atoms with E-state index in [1.807, 2.05) is 12.1 Å². The van der Waals surface area contributed by atoms with Gasteiger partial charge >= 0.3 is 6.03 Å². The van der Waals surface area contributed by atoms with Crippen molar-refractivity contribution in [3.05, 3.63) is 64.2 Å². The lowest BCUT2D eigenvalue weighted by Gasteiger charge is -2.64. The maximum absolute atomic E-state index is 13.3. The maximum Gasteiger partial charge on any atom is 0.321 e. The first-order valence-corrected chi connectivity index (χ1v) is 13.0. The Kier molecular flexibility index (Phi) is 5.50. The Morgan fingerprint density at radius 1 is 1.31 bits per heavy atom. The molecule has 2 aliphatic heterocycles. The van der Waals surface area contributed by atoms with Gasteiger partial charge in [0.05, 0.1) is 27.1 Å². The number of phenols is 1. The molecule has 2 amide bonds. The van der Waals surface area contributed by atoms with Crippen LogP contribution >= 0.6 is 23.2 Å². The van der Waals surface area contributed by atoms with Crippen molar-refractivity contribution in [2.75, 3.05) is 25.5 Å². The van der Waals surface area contributed by atoms with E-state index in [4.69, 9.17) is 27.9 Å². The lowest BCUT2D eigenvalue weighted by molar-refractivity contribution is -0.194. The zero-order chi connectivity index (χ0) is 25.4. The number of rotatable bonds is 4. The molecule has 190 valence electrons. The van der Waals surface area contributed by atoms with Crippen LogP contribution in [0.5, 0.6) is 11.5 Å². The van der Waals surface area contributed by atoms with E-state index in [9.17, 15) is 15.0 Å². The number of aliphatic hydroxyl groups is 1. The van der Waals surface area contributed by atoms with E-state index >= 15 is 0 Å². The second-order valence-corrected chi connectivity index (χ2v) is 11.2. The second-order valence-electron chi connectivity index (χ2n) is 10.4. The number of halogens is 2. The van der Waals surface area contributed by atoms with Gasteiger partial charge in [-0.05, 0) is 62.1 Å². The SMILES string of the molecule is C=CCN1CC[C@]23c4c5ccc(O)c4O[C@H]2[C@@H](N(C)C(=O)Nc2ccc(Cl)c(Cl)c2)CC[C@@]3(O)[C@H]1C5. The molecule has 3 N–H and O–H groups in total. The van der Waals surface area contributed by atoms with E-state index in [0.29, 0.717) is 53.7 Å². The molecule has 9 heteroatoms. The van der Waals surface area contributed by atoms with Crippen LogP contribution in [-0.4, -0.2) is 70.0 Å². The summed E-state index contributed by atoms with van der Waals surface area (Å²) in [6.45, 7) is 5.39. The number of carbonyl (C=O) groups excluding carboxylic acids is 1. The predicted molar refractivity (Wildman–Crippen MR) is 139 cm³/mol. The highest BCUT2D eigenvalue weighted by molar-refractivity contribution is 6.42. The first-order valence-electron chi connectivity index (χ1n) is 12.3. The highest BCUT2D eigenvalue weighted by atomic mass is 35.5. The van der Waals surface area contributed by atoms with Crippen molar-refractivity contribution in [2.45, 2.75) is 54.9 Å². The summed E-state index contributed by atoms with van der Waals surface area (Å²) in [5, 5.41) is 26.9. The summed E-state index contributed by atoms with van der Waals surface area (Å²) in [5.41, 5.74) is 0.808. The Morgan fingerprint density at radius 2 is 2.11 bits per heavy atom. The third-order valence-corrected chi connectivity index (χ3v) is 9.63. The number of anilines is 1. The smallest absolute Gasteiger partial charge is 0.321 e. The Bertz CT molecular complexity index is 1270. The van der Waals surface area contributed by atoms with Crippen LogP contribution in [0.3, 0.4) is 0 Å². The summed E-state index contributed by atoms with van der Waals surface area (Å²) in [7, 11) is 1.75. The van der Waals surface area contributed by atoms with Crippen LogP contribution < -0.4 is 10.1 Å². The lowest BCUT2D eigenvalue weighted by atomic mass is 9.48. The van der Waals surface area contributed by atoms with Crippen LogP contribution in [0, 0.1) is 0 Å². The number of nitrogens with one attached hydrogen (secondary N) is 1. The molecule has 2 fully saturated rings. The first kappa shape index (κ1) is 23.9. The minimum Gasteiger partial charge on any atom is -0.504 e. The van der Waals surface area contributed by atoms with Gasteiger partial charge in [0, 0.05) is 30.9 Å². The quantitative estimate of drug-likeness (QED) is 0.505. The zero-order valence-electron chi connectivity index (χ0n) is 20.0. The number of aromatic hydroxyl groups is 1. The molecule has 2 heterocycles. The highest BCUT2D eigenvalue weighted by Gasteiger charge is 2.73. The highest BCUT2D eigenvalue weighted by Crippen LogP contribution is 2.65. The van der Waals surface area contributed by atoms with E-state index < -0.39 is 17.1 Å². The van der Waals surface area contributed by atoms with Gasteiger partial charge in [-0.25, -0.2) is 4.79 Å². The predicted octanol–water partition coefficient (Wildman–Crippen LogP) is 4.57. The number of likely N-dealkylation sites (tertiary alicyclic amines) is 1. The zero-order valence-corrected chi connectivity index (χ0v) is 21.5. The Hall–Kier alpha value is -2.45. The Balaban J connectivity index is 1.38. The number of hydrogen-bond donors (Lipinski definition) is 3. The Morgan fingerprint density at radius 3 is 2.86 bits per heavy atom. The lowest BCUT2D eigenvalue weighted by Crippen LogP contribution is -2.78. The first-order chi connectivity index (χ1) is 17.2. The van der Waals surface area contributed by atoms with Crippen LogP contribution in [0.25, 0.3) is 0 Å². The molecule has 6 rings (SSSR count). The van der Waals surface area contributed by atoms with Gasteiger partial charge < -0.3 is 25.2 Å². The topological polar surface area (TPSA) is 85.3 Å². The van der Waals surface area contributed by atoms with Crippen molar-refractivity contribution >= 4 is 34.9 Å². The fourth-order valence-electron chi connectivity index (χ4n) is 7.32. The number of phenolic OH excluding ortho intramolecular Hbond substituents is 1. The molecule has 1 saturated carbocycles. The van der Waals surface area contributed by atoms with Crippen LogP contribution in [0.1, 0.15) is 30.4 Å². The number of benzene rings is 2. The third kappa shape index (κ3) is 3.09. The standard InChI is InChI=1S/C27H29Cl2N3O4/c1-3-11-32-12-10-26-22-15-4-7-20(33)23(22)36-24(26)19(8-9-27(26,35)21(32)13-15)31(2)25(34)30-16-5-6-17(28)18(29)14-16/h3-7,14,19,21,24,33,35H,1,8-13H2,2H3,(H,30,34)/t19-,21+,24-,26-,27+/m0/s1. The van der Waals surface area contributed by atoms with Gasteiger partial charge in [-0.2, -0.15) is 0 Å². The third-order valence-electron chi connectivity index (χ3n) is 8.89. The summed E-state index contributed by atoms with van der Waals surface area (Å²) >= 11 is 12.1. The van der Waals surface area contributed by atoms with E-state index in [1.165, 1.54) is 0 Å². The normalized spacial score (nSPS) is 31.8. The van der Waals surface area contributed by atoms with Gasteiger partial charge in [0.2, 0.25) is 0 Å². The molecule has 2 aromatic rings. The van der Waals surface area contributed by atoms with E-state index in [1.54, 1.807) is 36.2 Å². The largest absolute Gasteiger partial charge is 0.504 e. The van der Waals surface area contributed by atoms with Crippen LogP contribution in [0.2, 0.25) is 10.0 Å². The van der Waals surface area contributed by atoms with Crippen LogP contribution in [0.15, 0.2) is 43.0 Å². The minimum absolute atomic E-state index is 0.0773. The number of ether oxygens (including phenoxy) is 1. The monoisotopic (exact) mass is 529 g/mol. The number of urea groups is 1. The summed E-state index contributed by atoms with van der Waals surface area (Å²) in [6, 6.07) is 7.88. The molecule has 36 heavy (non-hydrogen) atoms. The van der Waals surface area contributed by atoms with Gasteiger partial charge in [-0.3, -0.25) is 4.90 Å². The molecule has 1 saturated heterocycles. The fourth-order valence-corrected chi connectivity index (χ4v) is 7.62. The van der Waals surface area contributed by atoms with Crippen LogP contribution in [-0.2, 0) is 11.8 Å². The molecule has 7 nitrogen and oxygen atoms in total. The molecule has 0 unspecified atom stereocenters. The summed E-state index contributed by atoms with van der Waals surface area (Å²) in [4.78, 5) is 17.3. The van der Waals surface area contributed by atoms with E-state index in [2.05, 4.69) is 16.8 Å².